The monoisotopic (exact) mass is 309 g/mol. The predicted octanol–water partition coefficient (Wildman–Crippen LogP) is 1.96. The smallest absolute Gasteiger partial charge is 0.323 e. The van der Waals surface area contributed by atoms with Crippen LogP contribution in [0, 0.1) is 0 Å². The van der Waals surface area contributed by atoms with Gasteiger partial charge in [-0.3, -0.25) is 9.59 Å². The summed E-state index contributed by atoms with van der Waals surface area (Å²) in [5.41, 5.74) is 0.863. The molecule has 1 rings (SSSR count). The first-order chi connectivity index (χ1) is 10.5. The summed E-state index contributed by atoms with van der Waals surface area (Å²) in [5.74, 6) is 0.211. The number of nitrogens with zero attached hydrogens (tertiary/aromatic N) is 1. The van der Waals surface area contributed by atoms with E-state index in [2.05, 4.69) is 0 Å². The number of aryl methyl sites for hydroxylation is 1. The van der Waals surface area contributed by atoms with E-state index in [1.165, 1.54) is 4.90 Å². The SMILES string of the molecule is CCCN(CC(=O)O)C(=O)CCc1cc(OC)ccc1OC. The lowest BCUT2D eigenvalue weighted by atomic mass is 10.1. The predicted molar refractivity (Wildman–Crippen MR) is 82.4 cm³/mol. The van der Waals surface area contributed by atoms with Crippen molar-refractivity contribution < 1.29 is 24.2 Å². The number of aliphatic carboxylic acids is 1. The largest absolute Gasteiger partial charge is 0.497 e. The molecule has 0 unspecified atom stereocenters. The minimum atomic E-state index is -0.999. The second-order valence-corrected chi connectivity index (χ2v) is 4.89. The molecule has 0 aliphatic heterocycles. The Bertz CT molecular complexity index is 515. The van der Waals surface area contributed by atoms with Crippen LogP contribution >= 0.6 is 0 Å². The summed E-state index contributed by atoms with van der Waals surface area (Å²) in [5, 5.41) is 8.86. The maximum atomic E-state index is 12.2. The molecule has 0 radical (unpaired) electrons. The van der Waals surface area contributed by atoms with E-state index >= 15 is 0 Å². The Hall–Kier alpha value is -2.24. The first-order valence-corrected chi connectivity index (χ1v) is 7.22. The molecule has 0 aromatic heterocycles. The van der Waals surface area contributed by atoms with Crippen LogP contribution in [-0.4, -0.2) is 49.2 Å². The molecule has 0 spiro atoms. The van der Waals surface area contributed by atoms with Crippen LogP contribution in [0.5, 0.6) is 11.5 Å². The molecule has 0 aliphatic rings. The molecule has 0 heterocycles. The van der Waals surface area contributed by atoms with Gasteiger partial charge in [0.1, 0.15) is 18.0 Å². The number of carboxylic acids is 1. The van der Waals surface area contributed by atoms with Crippen LogP contribution in [0.1, 0.15) is 25.3 Å². The van der Waals surface area contributed by atoms with Crippen LogP contribution in [0.25, 0.3) is 0 Å². The zero-order chi connectivity index (χ0) is 16.5. The van der Waals surface area contributed by atoms with Crippen LogP contribution in [0.15, 0.2) is 18.2 Å². The average Bonchev–Trinajstić information content (AvgIpc) is 2.51. The van der Waals surface area contributed by atoms with Crippen molar-refractivity contribution in [2.45, 2.75) is 26.2 Å². The molecule has 0 atom stereocenters. The minimum Gasteiger partial charge on any atom is -0.497 e. The Balaban J connectivity index is 2.74. The molecule has 0 bridgehead atoms. The zero-order valence-corrected chi connectivity index (χ0v) is 13.3. The Morgan fingerprint density at radius 3 is 2.50 bits per heavy atom. The number of ether oxygens (including phenoxy) is 2. The number of benzene rings is 1. The third-order valence-corrected chi connectivity index (χ3v) is 3.27. The number of rotatable bonds is 9. The van der Waals surface area contributed by atoms with Gasteiger partial charge >= 0.3 is 5.97 Å². The Morgan fingerprint density at radius 2 is 1.95 bits per heavy atom. The van der Waals surface area contributed by atoms with E-state index in [0.29, 0.717) is 24.5 Å². The second kappa shape index (κ2) is 8.92. The molecule has 0 aliphatic carbocycles. The highest BCUT2D eigenvalue weighted by Crippen LogP contribution is 2.25. The maximum absolute atomic E-state index is 12.2. The fourth-order valence-electron chi connectivity index (χ4n) is 2.20. The van der Waals surface area contributed by atoms with Crippen LogP contribution in [0.3, 0.4) is 0 Å². The van der Waals surface area contributed by atoms with Gasteiger partial charge in [0, 0.05) is 13.0 Å². The van der Waals surface area contributed by atoms with E-state index in [1.807, 2.05) is 13.0 Å². The molecule has 1 aromatic rings. The van der Waals surface area contributed by atoms with Gasteiger partial charge in [-0.25, -0.2) is 0 Å². The van der Waals surface area contributed by atoms with Crippen molar-refractivity contribution in [3.8, 4) is 11.5 Å². The Labute approximate surface area is 130 Å². The van der Waals surface area contributed by atoms with Gasteiger partial charge in [-0.05, 0) is 36.6 Å². The van der Waals surface area contributed by atoms with E-state index < -0.39 is 5.97 Å². The summed E-state index contributed by atoms with van der Waals surface area (Å²) in [6.07, 6.45) is 1.43. The standard InChI is InChI=1S/C16H23NO5/c1-4-9-17(11-16(19)20)15(18)8-5-12-10-13(21-2)6-7-14(12)22-3/h6-7,10H,4-5,8-9,11H2,1-3H3,(H,19,20). The lowest BCUT2D eigenvalue weighted by Gasteiger charge is -2.20. The first kappa shape index (κ1) is 17.8. The Morgan fingerprint density at radius 1 is 1.23 bits per heavy atom. The summed E-state index contributed by atoms with van der Waals surface area (Å²) >= 11 is 0. The molecule has 0 fully saturated rings. The number of carbonyl (C=O) groups excluding carboxylic acids is 1. The number of hydrogen-bond donors (Lipinski definition) is 1. The van der Waals surface area contributed by atoms with Crippen molar-refractivity contribution in [1.29, 1.82) is 0 Å². The van der Waals surface area contributed by atoms with Crippen molar-refractivity contribution in [2.75, 3.05) is 27.3 Å². The summed E-state index contributed by atoms with van der Waals surface area (Å²) in [6.45, 7) is 2.09. The summed E-state index contributed by atoms with van der Waals surface area (Å²) < 4.78 is 10.4. The number of carboxylic acid groups (broad SMARTS) is 1. The topological polar surface area (TPSA) is 76.1 Å². The normalized spacial score (nSPS) is 10.1. The van der Waals surface area contributed by atoms with Crippen molar-refractivity contribution in [2.24, 2.45) is 0 Å². The number of methoxy groups -OCH3 is 2. The maximum Gasteiger partial charge on any atom is 0.323 e. The van der Waals surface area contributed by atoms with E-state index in [-0.39, 0.29) is 18.9 Å². The van der Waals surface area contributed by atoms with E-state index in [1.54, 1.807) is 26.4 Å². The molecular formula is C16H23NO5. The number of carbonyl (C=O) groups is 2. The van der Waals surface area contributed by atoms with Crippen molar-refractivity contribution in [3.05, 3.63) is 23.8 Å². The van der Waals surface area contributed by atoms with Crippen LogP contribution in [0.2, 0.25) is 0 Å². The Kier molecular flexibility index (Phi) is 7.22. The van der Waals surface area contributed by atoms with Gasteiger partial charge in [0.2, 0.25) is 5.91 Å². The summed E-state index contributed by atoms with van der Waals surface area (Å²) in [7, 11) is 3.15. The first-order valence-electron chi connectivity index (χ1n) is 7.22. The third kappa shape index (κ3) is 5.27. The van der Waals surface area contributed by atoms with Crippen molar-refractivity contribution >= 4 is 11.9 Å². The molecule has 1 aromatic carbocycles. The summed E-state index contributed by atoms with van der Waals surface area (Å²) in [4.78, 5) is 24.4. The summed E-state index contributed by atoms with van der Waals surface area (Å²) in [6, 6.07) is 5.41. The van der Waals surface area contributed by atoms with Crippen molar-refractivity contribution in [1.82, 2.24) is 4.90 Å². The van der Waals surface area contributed by atoms with Gasteiger partial charge in [0.15, 0.2) is 0 Å². The molecular weight excluding hydrogens is 286 g/mol. The van der Waals surface area contributed by atoms with E-state index in [4.69, 9.17) is 14.6 Å². The highest BCUT2D eigenvalue weighted by atomic mass is 16.5. The molecule has 0 saturated carbocycles. The number of amides is 1. The molecule has 1 amide bonds. The van der Waals surface area contributed by atoms with Crippen LogP contribution in [-0.2, 0) is 16.0 Å². The fraction of sp³-hybridized carbons (Fsp3) is 0.500. The van der Waals surface area contributed by atoms with Gasteiger partial charge in [-0.1, -0.05) is 6.92 Å². The molecule has 22 heavy (non-hydrogen) atoms. The highest BCUT2D eigenvalue weighted by Gasteiger charge is 2.16. The van der Waals surface area contributed by atoms with Gasteiger partial charge < -0.3 is 19.5 Å². The molecule has 6 nitrogen and oxygen atoms in total. The molecule has 6 heteroatoms. The van der Waals surface area contributed by atoms with Gasteiger partial charge in [-0.2, -0.15) is 0 Å². The minimum absolute atomic E-state index is 0.172. The second-order valence-electron chi connectivity index (χ2n) is 4.89. The zero-order valence-electron chi connectivity index (χ0n) is 13.3. The van der Waals surface area contributed by atoms with Gasteiger partial charge in [0.25, 0.3) is 0 Å². The molecule has 0 saturated heterocycles. The van der Waals surface area contributed by atoms with Crippen LogP contribution < -0.4 is 9.47 Å². The third-order valence-electron chi connectivity index (χ3n) is 3.27. The van der Waals surface area contributed by atoms with Gasteiger partial charge in [0.05, 0.1) is 14.2 Å². The van der Waals surface area contributed by atoms with Crippen LogP contribution in [0.4, 0.5) is 0 Å². The van der Waals surface area contributed by atoms with Crippen molar-refractivity contribution in [3.63, 3.8) is 0 Å². The lowest BCUT2D eigenvalue weighted by molar-refractivity contribution is -0.144. The van der Waals surface area contributed by atoms with E-state index in [9.17, 15) is 9.59 Å². The quantitative estimate of drug-likeness (QED) is 0.754. The average molecular weight is 309 g/mol. The fourth-order valence-corrected chi connectivity index (χ4v) is 2.20. The number of hydrogen-bond acceptors (Lipinski definition) is 4. The van der Waals surface area contributed by atoms with E-state index in [0.717, 1.165) is 12.0 Å². The highest BCUT2D eigenvalue weighted by molar-refractivity contribution is 5.81. The lowest BCUT2D eigenvalue weighted by Crippen LogP contribution is -2.36. The molecule has 122 valence electrons. The van der Waals surface area contributed by atoms with Gasteiger partial charge in [-0.15, -0.1) is 0 Å². The molecule has 1 N–H and O–H groups in total.